The number of halogens is 2. The number of thiazole rings is 1. The summed E-state index contributed by atoms with van der Waals surface area (Å²) in [5.74, 6) is 0.358. The minimum Gasteiger partial charge on any atom is -0.337 e. The Morgan fingerprint density at radius 1 is 1.45 bits per heavy atom. The van der Waals surface area contributed by atoms with Crippen LogP contribution in [0.3, 0.4) is 0 Å². The highest BCUT2D eigenvalue weighted by molar-refractivity contribution is 7.13. The third-order valence-corrected chi connectivity index (χ3v) is 5.21. The molecule has 0 spiro atoms. The van der Waals surface area contributed by atoms with Gasteiger partial charge in [-0.05, 0) is 37.1 Å². The van der Waals surface area contributed by atoms with Crippen LogP contribution in [0, 0.1) is 5.92 Å². The van der Waals surface area contributed by atoms with E-state index in [0.29, 0.717) is 34.7 Å². The smallest absolute Gasteiger partial charge is 0.273 e. The van der Waals surface area contributed by atoms with Gasteiger partial charge in [-0.15, -0.1) is 11.3 Å². The quantitative estimate of drug-likeness (QED) is 0.915. The predicted octanol–water partition coefficient (Wildman–Crippen LogP) is 3.54. The van der Waals surface area contributed by atoms with Crippen molar-refractivity contribution in [1.82, 2.24) is 9.88 Å². The highest BCUT2D eigenvalue weighted by Crippen LogP contribution is 2.32. The summed E-state index contributed by atoms with van der Waals surface area (Å²) >= 11 is 13.5. The van der Waals surface area contributed by atoms with Gasteiger partial charge in [0.25, 0.3) is 5.91 Å². The van der Waals surface area contributed by atoms with Gasteiger partial charge in [0, 0.05) is 29.1 Å². The van der Waals surface area contributed by atoms with E-state index in [4.69, 9.17) is 28.9 Å². The molecule has 1 amide bonds. The van der Waals surface area contributed by atoms with Crippen molar-refractivity contribution < 1.29 is 4.79 Å². The fraction of sp³-hybridized carbons (Fsp3) is 0.333. The average Bonchev–Trinajstić information content (AvgIpc) is 3.16. The summed E-state index contributed by atoms with van der Waals surface area (Å²) in [4.78, 5) is 18.7. The molecule has 1 atom stereocenters. The number of nitrogens with two attached hydrogens (primary N) is 1. The Morgan fingerprint density at radius 3 is 2.95 bits per heavy atom. The van der Waals surface area contributed by atoms with E-state index in [0.717, 1.165) is 23.5 Å². The molecule has 2 N–H and O–H groups in total. The van der Waals surface area contributed by atoms with Gasteiger partial charge in [-0.2, -0.15) is 0 Å². The second-order valence-electron chi connectivity index (χ2n) is 5.30. The van der Waals surface area contributed by atoms with Crippen LogP contribution in [-0.4, -0.2) is 35.4 Å². The molecule has 1 aliphatic rings. The zero-order valence-electron chi connectivity index (χ0n) is 11.8. The Hall–Kier alpha value is -1.14. The molecule has 1 fully saturated rings. The van der Waals surface area contributed by atoms with E-state index in [1.165, 1.54) is 11.3 Å². The van der Waals surface area contributed by atoms with Gasteiger partial charge >= 0.3 is 0 Å². The van der Waals surface area contributed by atoms with Crippen LogP contribution in [0.25, 0.3) is 10.6 Å². The standard InChI is InChI=1S/C15H15Cl2N3OS/c16-10-1-2-11(12(17)5-10)14-19-13(8-22-14)15(21)20-4-3-9(6-18)7-20/h1-2,5,8-9H,3-4,6-7,18H2. The molecule has 3 rings (SSSR count). The van der Waals surface area contributed by atoms with Crippen molar-refractivity contribution in [2.75, 3.05) is 19.6 Å². The molecule has 0 bridgehead atoms. The molecule has 1 aliphatic heterocycles. The molecular formula is C15H15Cl2N3OS. The molecule has 1 aromatic heterocycles. The maximum atomic E-state index is 12.5. The largest absolute Gasteiger partial charge is 0.337 e. The van der Waals surface area contributed by atoms with Crippen LogP contribution >= 0.6 is 34.5 Å². The van der Waals surface area contributed by atoms with Crippen LogP contribution in [0.4, 0.5) is 0 Å². The molecule has 2 heterocycles. The van der Waals surface area contributed by atoms with Crippen LogP contribution in [0.5, 0.6) is 0 Å². The fourth-order valence-corrected chi connectivity index (χ4v) is 3.92. The minimum absolute atomic E-state index is 0.0384. The van der Waals surface area contributed by atoms with Gasteiger partial charge < -0.3 is 10.6 Å². The first-order valence-corrected chi connectivity index (χ1v) is 8.62. The molecule has 0 radical (unpaired) electrons. The molecule has 4 nitrogen and oxygen atoms in total. The monoisotopic (exact) mass is 355 g/mol. The lowest BCUT2D eigenvalue weighted by Gasteiger charge is -2.14. The van der Waals surface area contributed by atoms with Gasteiger partial charge in [-0.25, -0.2) is 4.98 Å². The number of aromatic nitrogens is 1. The average molecular weight is 356 g/mol. The summed E-state index contributed by atoms with van der Waals surface area (Å²) in [5.41, 5.74) is 6.92. The number of carbonyl (C=O) groups excluding carboxylic acids is 1. The highest BCUT2D eigenvalue weighted by Gasteiger charge is 2.27. The van der Waals surface area contributed by atoms with E-state index >= 15 is 0 Å². The summed E-state index contributed by atoms with van der Waals surface area (Å²) in [6, 6.07) is 5.25. The van der Waals surface area contributed by atoms with Gasteiger partial charge in [0.2, 0.25) is 0 Å². The summed E-state index contributed by atoms with van der Waals surface area (Å²) in [5, 5.41) is 3.61. The van der Waals surface area contributed by atoms with E-state index in [1.54, 1.807) is 17.5 Å². The van der Waals surface area contributed by atoms with Gasteiger partial charge in [0.1, 0.15) is 10.7 Å². The van der Waals surface area contributed by atoms with Crippen LogP contribution in [0.15, 0.2) is 23.6 Å². The van der Waals surface area contributed by atoms with Crippen molar-refractivity contribution in [1.29, 1.82) is 0 Å². The molecule has 1 unspecified atom stereocenters. The minimum atomic E-state index is -0.0384. The first kappa shape index (κ1) is 15.7. The Morgan fingerprint density at radius 2 is 2.27 bits per heavy atom. The van der Waals surface area contributed by atoms with E-state index in [9.17, 15) is 4.79 Å². The maximum absolute atomic E-state index is 12.5. The van der Waals surface area contributed by atoms with Crippen molar-refractivity contribution in [2.24, 2.45) is 11.7 Å². The van der Waals surface area contributed by atoms with E-state index in [2.05, 4.69) is 4.98 Å². The topological polar surface area (TPSA) is 59.2 Å². The van der Waals surface area contributed by atoms with Gasteiger partial charge in [-0.1, -0.05) is 23.2 Å². The molecule has 0 aliphatic carbocycles. The van der Waals surface area contributed by atoms with Crippen LogP contribution in [0.1, 0.15) is 16.9 Å². The third-order valence-electron chi connectivity index (χ3n) is 3.79. The normalized spacial score (nSPS) is 18.0. The first-order chi connectivity index (χ1) is 10.6. The SMILES string of the molecule is NCC1CCN(C(=O)c2csc(-c3ccc(Cl)cc3Cl)n2)C1. The van der Waals surface area contributed by atoms with E-state index < -0.39 is 0 Å². The van der Waals surface area contributed by atoms with Crippen molar-refractivity contribution >= 4 is 40.4 Å². The van der Waals surface area contributed by atoms with Gasteiger partial charge in [-0.3, -0.25) is 4.79 Å². The Bertz CT molecular complexity index is 704. The number of benzene rings is 1. The lowest BCUT2D eigenvalue weighted by atomic mass is 10.1. The highest BCUT2D eigenvalue weighted by atomic mass is 35.5. The second-order valence-corrected chi connectivity index (χ2v) is 7.01. The van der Waals surface area contributed by atoms with E-state index in [-0.39, 0.29) is 5.91 Å². The number of hydrogen-bond acceptors (Lipinski definition) is 4. The predicted molar refractivity (Wildman–Crippen MR) is 90.6 cm³/mol. The first-order valence-electron chi connectivity index (χ1n) is 6.98. The number of carbonyl (C=O) groups is 1. The summed E-state index contributed by atoms with van der Waals surface area (Å²) in [6.45, 7) is 2.08. The number of likely N-dealkylation sites (tertiary alicyclic amines) is 1. The summed E-state index contributed by atoms with van der Waals surface area (Å²) in [7, 11) is 0. The summed E-state index contributed by atoms with van der Waals surface area (Å²) in [6.07, 6.45) is 0.961. The van der Waals surface area contributed by atoms with Crippen molar-refractivity contribution in [3.63, 3.8) is 0 Å². The molecule has 22 heavy (non-hydrogen) atoms. The Labute approximate surface area is 142 Å². The molecule has 2 aromatic rings. The van der Waals surface area contributed by atoms with Gasteiger partial charge in [0.15, 0.2) is 0 Å². The lowest BCUT2D eigenvalue weighted by molar-refractivity contribution is 0.0783. The van der Waals surface area contributed by atoms with Crippen molar-refractivity contribution in [3.05, 3.63) is 39.3 Å². The van der Waals surface area contributed by atoms with Gasteiger partial charge in [0.05, 0.1) is 5.02 Å². The lowest BCUT2D eigenvalue weighted by Crippen LogP contribution is -2.30. The Kier molecular flexibility index (Phi) is 4.68. The zero-order chi connectivity index (χ0) is 15.7. The second kappa shape index (κ2) is 6.54. The third kappa shape index (κ3) is 3.13. The molecule has 0 saturated carbocycles. The summed E-state index contributed by atoms with van der Waals surface area (Å²) < 4.78 is 0. The van der Waals surface area contributed by atoms with Crippen molar-refractivity contribution in [2.45, 2.75) is 6.42 Å². The zero-order valence-corrected chi connectivity index (χ0v) is 14.1. The van der Waals surface area contributed by atoms with Crippen molar-refractivity contribution in [3.8, 4) is 10.6 Å². The van der Waals surface area contributed by atoms with Crippen LogP contribution in [0.2, 0.25) is 10.0 Å². The van der Waals surface area contributed by atoms with Crippen LogP contribution in [-0.2, 0) is 0 Å². The molecular weight excluding hydrogens is 341 g/mol. The molecule has 1 saturated heterocycles. The number of amides is 1. The molecule has 7 heteroatoms. The fourth-order valence-electron chi connectivity index (χ4n) is 2.53. The maximum Gasteiger partial charge on any atom is 0.273 e. The van der Waals surface area contributed by atoms with E-state index in [1.807, 2.05) is 11.0 Å². The number of nitrogens with zero attached hydrogens (tertiary/aromatic N) is 2. The molecule has 116 valence electrons. The molecule has 1 aromatic carbocycles. The number of hydrogen-bond donors (Lipinski definition) is 1. The Balaban J connectivity index is 1.80. The van der Waals surface area contributed by atoms with Crippen LogP contribution < -0.4 is 5.73 Å². The number of rotatable bonds is 3.